The number of amides is 2. The number of halogens is 3. The Balaban J connectivity index is 1.61. The van der Waals surface area contributed by atoms with Crippen molar-refractivity contribution in [3.8, 4) is 0 Å². The first kappa shape index (κ1) is 17.2. The van der Waals surface area contributed by atoms with E-state index < -0.39 is 0 Å². The minimum atomic E-state index is -0.182. The summed E-state index contributed by atoms with van der Waals surface area (Å²) < 4.78 is 0. The summed E-state index contributed by atoms with van der Waals surface area (Å²) in [5, 5.41) is 4.52. The SMILES string of the molecule is O=C(Nc1cc(Cl)ccc1Cl)N1CCN(c2ccccc2Cl)CC1. The fourth-order valence-corrected chi connectivity index (χ4v) is 3.24. The van der Waals surface area contributed by atoms with Gasteiger partial charge in [-0.25, -0.2) is 4.79 Å². The molecule has 0 unspecified atom stereocenters. The molecule has 126 valence electrons. The third kappa shape index (κ3) is 3.89. The molecule has 0 saturated carbocycles. The van der Waals surface area contributed by atoms with E-state index in [9.17, 15) is 4.79 Å². The van der Waals surface area contributed by atoms with Crippen LogP contribution in [0.15, 0.2) is 42.5 Å². The summed E-state index contributed by atoms with van der Waals surface area (Å²) in [5.41, 5.74) is 1.51. The van der Waals surface area contributed by atoms with Crippen molar-refractivity contribution in [2.75, 3.05) is 36.4 Å². The van der Waals surface area contributed by atoms with Crippen molar-refractivity contribution in [1.82, 2.24) is 4.90 Å². The largest absolute Gasteiger partial charge is 0.367 e. The number of para-hydroxylation sites is 1. The van der Waals surface area contributed by atoms with Gasteiger partial charge in [0.25, 0.3) is 0 Å². The number of piperazine rings is 1. The standard InChI is InChI=1S/C17H16Cl3N3O/c18-12-5-6-13(19)15(11-12)21-17(24)23-9-7-22(8-10-23)16-4-2-1-3-14(16)20/h1-6,11H,7-10H2,(H,21,24). The Kier molecular flexibility index (Phi) is 5.39. The normalized spacial score (nSPS) is 14.6. The minimum Gasteiger partial charge on any atom is -0.367 e. The van der Waals surface area contributed by atoms with Crippen molar-refractivity contribution in [1.29, 1.82) is 0 Å². The number of nitrogens with zero attached hydrogens (tertiary/aromatic N) is 2. The summed E-state index contributed by atoms with van der Waals surface area (Å²) >= 11 is 18.3. The van der Waals surface area contributed by atoms with Crippen LogP contribution in [0.1, 0.15) is 0 Å². The summed E-state index contributed by atoms with van der Waals surface area (Å²) in [4.78, 5) is 16.3. The Morgan fingerprint density at radius 3 is 2.33 bits per heavy atom. The number of nitrogens with one attached hydrogen (secondary N) is 1. The van der Waals surface area contributed by atoms with Crippen molar-refractivity contribution in [2.24, 2.45) is 0 Å². The van der Waals surface area contributed by atoms with Crippen molar-refractivity contribution >= 4 is 52.2 Å². The third-order valence-electron chi connectivity index (χ3n) is 3.93. The second kappa shape index (κ2) is 7.51. The van der Waals surface area contributed by atoms with Gasteiger partial charge in [0.05, 0.1) is 21.4 Å². The highest BCUT2D eigenvalue weighted by atomic mass is 35.5. The molecule has 1 N–H and O–H groups in total. The highest BCUT2D eigenvalue weighted by molar-refractivity contribution is 6.35. The van der Waals surface area contributed by atoms with E-state index in [1.807, 2.05) is 24.3 Å². The molecular weight excluding hydrogens is 369 g/mol. The Morgan fingerprint density at radius 2 is 1.62 bits per heavy atom. The predicted molar refractivity (Wildman–Crippen MR) is 101 cm³/mol. The van der Waals surface area contributed by atoms with E-state index in [0.29, 0.717) is 28.8 Å². The van der Waals surface area contributed by atoms with Crippen molar-refractivity contribution in [3.05, 3.63) is 57.5 Å². The number of hydrogen-bond acceptors (Lipinski definition) is 2. The van der Waals surface area contributed by atoms with Gasteiger partial charge in [0.15, 0.2) is 0 Å². The first-order valence-corrected chi connectivity index (χ1v) is 8.68. The van der Waals surface area contributed by atoms with Gasteiger partial charge in [-0.3, -0.25) is 0 Å². The number of anilines is 2. The highest BCUT2D eigenvalue weighted by Gasteiger charge is 2.22. The molecule has 7 heteroatoms. The van der Waals surface area contributed by atoms with Gasteiger partial charge in [-0.1, -0.05) is 46.9 Å². The van der Waals surface area contributed by atoms with Crippen LogP contribution in [-0.2, 0) is 0 Å². The van der Waals surface area contributed by atoms with Crippen molar-refractivity contribution in [3.63, 3.8) is 0 Å². The van der Waals surface area contributed by atoms with Crippen LogP contribution in [0.25, 0.3) is 0 Å². The van der Waals surface area contributed by atoms with Gasteiger partial charge in [-0.15, -0.1) is 0 Å². The fourth-order valence-electron chi connectivity index (χ4n) is 2.65. The van der Waals surface area contributed by atoms with E-state index >= 15 is 0 Å². The fraction of sp³-hybridized carbons (Fsp3) is 0.235. The molecule has 0 radical (unpaired) electrons. The monoisotopic (exact) mass is 383 g/mol. The second-order valence-corrected chi connectivity index (χ2v) is 6.73. The molecule has 1 saturated heterocycles. The molecule has 3 rings (SSSR count). The molecule has 0 bridgehead atoms. The Labute approximate surface area is 155 Å². The molecule has 2 aromatic carbocycles. The summed E-state index contributed by atoms with van der Waals surface area (Å²) in [5.74, 6) is 0. The van der Waals surface area contributed by atoms with Gasteiger partial charge >= 0.3 is 6.03 Å². The molecule has 2 amide bonds. The third-order valence-corrected chi connectivity index (χ3v) is 4.81. The van der Waals surface area contributed by atoms with Gasteiger partial charge in [-0.2, -0.15) is 0 Å². The number of urea groups is 1. The average molecular weight is 385 g/mol. The van der Waals surface area contributed by atoms with Crippen LogP contribution >= 0.6 is 34.8 Å². The van der Waals surface area contributed by atoms with E-state index in [0.717, 1.165) is 23.8 Å². The first-order chi connectivity index (χ1) is 11.5. The van der Waals surface area contributed by atoms with E-state index in [-0.39, 0.29) is 6.03 Å². The molecule has 1 heterocycles. The Hall–Kier alpha value is -1.62. The van der Waals surface area contributed by atoms with Crippen LogP contribution in [0.3, 0.4) is 0 Å². The van der Waals surface area contributed by atoms with Crippen molar-refractivity contribution < 1.29 is 4.79 Å². The number of benzene rings is 2. The summed E-state index contributed by atoms with van der Waals surface area (Å²) in [6.07, 6.45) is 0. The molecule has 0 atom stereocenters. The molecule has 1 aliphatic rings. The topological polar surface area (TPSA) is 35.6 Å². The van der Waals surface area contributed by atoms with Gasteiger partial charge < -0.3 is 15.1 Å². The molecule has 24 heavy (non-hydrogen) atoms. The van der Waals surface area contributed by atoms with Gasteiger partial charge in [0.1, 0.15) is 0 Å². The zero-order chi connectivity index (χ0) is 17.1. The van der Waals surface area contributed by atoms with Crippen LogP contribution < -0.4 is 10.2 Å². The molecule has 4 nitrogen and oxygen atoms in total. The number of carbonyl (C=O) groups is 1. The maximum Gasteiger partial charge on any atom is 0.322 e. The highest BCUT2D eigenvalue weighted by Crippen LogP contribution is 2.27. The van der Waals surface area contributed by atoms with E-state index in [1.54, 1.807) is 23.1 Å². The first-order valence-electron chi connectivity index (χ1n) is 7.55. The zero-order valence-electron chi connectivity index (χ0n) is 12.8. The minimum absolute atomic E-state index is 0.182. The molecule has 0 aliphatic carbocycles. The van der Waals surface area contributed by atoms with Gasteiger partial charge in [0.2, 0.25) is 0 Å². The quantitative estimate of drug-likeness (QED) is 0.791. The summed E-state index contributed by atoms with van der Waals surface area (Å²) in [6.45, 7) is 2.66. The lowest BCUT2D eigenvalue weighted by Crippen LogP contribution is -2.50. The number of rotatable bonds is 2. The van der Waals surface area contributed by atoms with Crippen molar-refractivity contribution in [2.45, 2.75) is 0 Å². The Morgan fingerprint density at radius 1 is 0.917 bits per heavy atom. The number of carbonyl (C=O) groups excluding carboxylic acids is 1. The maximum atomic E-state index is 12.4. The van der Waals surface area contributed by atoms with E-state index in [2.05, 4.69) is 10.2 Å². The molecule has 0 aromatic heterocycles. The lowest BCUT2D eigenvalue weighted by atomic mass is 10.2. The molecule has 2 aromatic rings. The van der Waals surface area contributed by atoms with Crippen LogP contribution in [-0.4, -0.2) is 37.1 Å². The van der Waals surface area contributed by atoms with Crippen LogP contribution in [0.5, 0.6) is 0 Å². The van der Waals surface area contributed by atoms with Crippen LogP contribution in [0.2, 0.25) is 15.1 Å². The lowest BCUT2D eigenvalue weighted by molar-refractivity contribution is 0.208. The van der Waals surface area contributed by atoms with E-state index in [1.165, 1.54) is 0 Å². The van der Waals surface area contributed by atoms with Crippen LogP contribution in [0, 0.1) is 0 Å². The van der Waals surface area contributed by atoms with Gasteiger partial charge in [-0.05, 0) is 30.3 Å². The second-order valence-electron chi connectivity index (χ2n) is 5.48. The lowest BCUT2D eigenvalue weighted by Gasteiger charge is -2.36. The smallest absolute Gasteiger partial charge is 0.322 e. The summed E-state index contributed by atoms with van der Waals surface area (Å²) in [6, 6.07) is 12.5. The predicted octanol–water partition coefficient (Wildman–Crippen LogP) is 5.00. The van der Waals surface area contributed by atoms with Crippen LogP contribution in [0.4, 0.5) is 16.2 Å². The van der Waals surface area contributed by atoms with Gasteiger partial charge in [0, 0.05) is 31.2 Å². The average Bonchev–Trinajstić information content (AvgIpc) is 2.59. The molecule has 0 spiro atoms. The molecule has 1 fully saturated rings. The number of hydrogen-bond donors (Lipinski definition) is 1. The van der Waals surface area contributed by atoms with E-state index in [4.69, 9.17) is 34.8 Å². The summed E-state index contributed by atoms with van der Waals surface area (Å²) in [7, 11) is 0. The zero-order valence-corrected chi connectivity index (χ0v) is 15.1. The molecule has 1 aliphatic heterocycles. The Bertz CT molecular complexity index is 746. The molecular formula is C17H16Cl3N3O. The maximum absolute atomic E-state index is 12.4.